The van der Waals surface area contributed by atoms with Gasteiger partial charge in [0, 0.05) is 107 Å². The molecule has 0 saturated carbocycles. The number of nitrogen functional groups attached to an aromatic ring is 2. The van der Waals surface area contributed by atoms with E-state index in [9.17, 15) is 5.11 Å². The number of aromatic nitrogens is 8. The molecule has 3 fully saturated rings. The summed E-state index contributed by atoms with van der Waals surface area (Å²) in [4.78, 5) is 51.0. The first-order valence-electron chi connectivity index (χ1n) is 25.4. The van der Waals surface area contributed by atoms with Gasteiger partial charge in [-0.1, -0.05) is 6.92 Å². The molecule has 4 aliphatic heterocycles. The number of nitrogens with zero attached hydrogens (tertiary/aromatic N) is 12. The zero-order valence-electron chi connectivity index (χ0n) is 39.8. The lowest BCUT2D eigenvalue weighted by Crippen LogP contribution is -2.45. The van der Waals surface area contributed by atoms with Gasteiger partial charge in [0.15, 0.2) is 17.1 Å². The molecule has 0 aromatic carbocycles. The zero-order valence-corrected chi connectivity index (χ0v) is 39.8. The van der Waals surface area contributed by atoms with Crippen LogP contribution in [-0.2, 0) is 19.3 Å². The molecule has 9 N–H and O–H groups in total. The van der Waals surface area contributed by atoms with Crippen LogP contribution < -0.4 is 32.7 Å². The number of nitrogens with one attached hydrogen (secondary N) is 4. The highest BCUT2D eigenvalue weighted by Gasteiger charge is 2.32. The number of pyridine rings is 2. The molecule has 68 heavy (non-hydrogen) atoms. The number of aliphatic hydroxyl groups excluding tert-OH is 1. The van der Waals surface area contributed by atoms with Gasteiger partial charge in [-0.15, -0.1) is 0 Å². The molecule has 5 aromatic rings. The van der Waals surface area contributed by atoms with Gasteiger partial charge in [0.05, 0.1) is 17.4 Å². The van der Waals surface area contributed by atoms with Crippen LogP contribution in [0, 0.1) is 0 Å². The van der Waals surface area contributed by atoms with Gasteiger partial charge in [0.25, 0.3) is 0 Å². The summed E-state index contributed by atoms with van der Waals surface area (Å²) >= 11 is 0. The fourth-order valence-electron chi connectivity index (χ4n) is 11.8. The standard InChI is InChI=1S/C49H68N18O/c1-28-24-29(2)54-46-39(28)44(52-14-23-68)62-49(64-46)57-33-10-17-66(18-11-33)22-21-65-15-8-32(9-16-65)56-48-60-42(51)40-35-7-6-31(37(35)26-53-45(40)63-48)27-67-19-12-34(13-20-67)55-47-59-41(50)36-25-30-4-3-5-38(30)58-43(36)61-47/h25-26,28,31-34,68H,3-24,27H2,1-2H3,(H2,52,57,62,64)(H3,50,55,58,59,61)(H3,51,53,56,60,63). The first-order valence-corrected chi connectivity index (χ1v) is 25.4. The number of piperidine rings is 3. The SMILES string of the molecule is CC1=Nc2nc(NC3CCN(CCN4CCC(Nc5nc(N)c6c7c(cnc6n5)C(CN5CCC(Nc6nc(N)c8cc9c(nc8n6)CCC9)CC5)CC7)CC4)CC3)nc(NCCO)c2C(C)C1. The third-order valence-corrected chi connectivity index (χ3v) is 15.5. The number of hydrogen-bond acceptors (Lipinski definition) is 19. The van der Waals surface area contributed by atoms with Crippen LogP contribution in [0.4, 0.5) is 41.1 Å². The van der Waals surface area contributed by atoms with Gasteiger partial charge in [-0.3, -0.25) is 0 Å². The van der Waals surface area contributed by atoms with E-state index in [2.05, 4.69) is 67.1 Å². The normalized spacial score (nSPS) is 22.0. The second-order valence-corrected chi connectivity index (χ2v) is 20.3. The molecule has 6 aliphatic rings. The fraction of sp³-hybridized carbons (Fsp3) is 0.612. The molecule has 19 nitrogen and oxygen atoms in total. The lowest BCUT2D eigenvalue weighted by atomic mass is 9.93. The largest absolute Gasteiger partial charge is 0.395 e. The summed E-state index contributed by atoms with van der Waals surface area (Å²) in [5, 5.41) is 25.4. The number of aliphatic hydroxyl groups is 1. The molecule has 0 amide bonds. The highest BCUT2D eigenvalue weighted by Crippen LogP contribution is 2.40. The molecule has 0 bridgehead atoms. The van der Waals surface area contributed by atoms with Crippen molar-refractivity contribution in [3.63, 3.8) is 0 Å². The maximum absolute atomic E-state index is 9.46. The van der Waals surface area contributed by atoms with Gasteiger partial charge in [-0.2, -0.15) is 29.9 Å². The minimum atomic E-state index is 0.0476. The Morgan fingerprint density at radius 2 is 1.34 bits per heavy atom. The molecule has 3 saturated heterocycles. The van der Waals surface area contributed by atoms with E-state index in [4.69, 9.17) is 51.3 Å². The molecule has 5 aromatic heterocycles. The Hall–Kier alpha value is -5.63. The van der Waals surface area contributed by atoms with Crippen molar-refractivity contribution < 1.29 is 5.11 Å². The summed E-state index contributed by atoms with van der Waals surface area (Å²) in [5.74, 6) is 5.02. The van der Waals surface area contributed by atoms with Crippen molar-refractivity contribution >= 4 is 68.9 Å². The van der Waals surface area contributed by atoms with Gasteiger partial charge >= 0.3 is 0 Å². The molecule has 2 aliphatic carbocycles. The van der Waals surface area contributed by atoms with Crippen LogP contribution >= 0.6 is 0 Å². The predicted molar refractivity (Wildman–Crippen MR) is 269 cm³/mol. The molecule has 2 unspecified atom stereocenters. The molecule has 11 rings (SSSR count). The number of rotatable bonds is 14. The predicted octanol–water partition coefficient (Wildman–Crippen LogP) is 4.87. The highest BCUT2D eigenvalue weighted by atomic mass is 16.3. The summed E-state index contributed by atoms with van der Waals surface area (Å²) < 4.78 is 0. The molecule has 2 atom stereocenters. The third kappa shape index (κ3) is 9.54. The zero-order chi connectivity index (χ0) is 46.3. The third-order valence-electron chi connectivity index (χ3n) is 15.5. The summed E-state index contributed by atoms with van der Waals surface area (Å²) in [6.07, 6.45) is 14.4. The fourth-order valence-corrected chi connectivity index (χ4v) is 11.8. The number of aryl methyl sites for hydroxylation is 3. The molecule has 19 heteroatoms. The second kappa shape index (κ2) is 19.4. The Bertz CT molecular complexity index is 2670. The topological polar surface area (TPSA) is 246 Å². The molecule has 0 spiro atoms. The number of aliphatic imine (C=N–C) groups is 1. The minimum absolute atomic E-state index is 0.0476. The van der Waals surface area contributed by atoms with E-state index in [0.29, 0.717) is 71.4 Å². The smallest absolute Gasteiger partial charge is 0.226 e. The molecular formula is C49H68N18O. The Kier molecular flexibility index (Phi) is 12.8. The first-order chi connectivity index (χ1) is 33.2. The maximum Gasteiger partial charge on any atom is 0.226 e. The van der Waals surface area contributed by atoms with Crippen molar-refractivity contribution in [3.8, 4) is 0 Å². The van der Waals surface area contributed by atoms with E-state index in [0.717, 1.165) is 175 Å². The second-order valence-electron chi connectivity index (χ2n) is 20.3. The van der Waals surface area contributed by atoms with E-state index in [-0.39, 0.29) is 12.5 Å². The van der Waals surface area contributed by atoms with Gasteiger partial charge in [-0.05, 0) is 119 Å². The van der Waals surface area contributed by atoms with Gasteiger partial charge < -0.3 is 52.5 Å². The van der Waals surface area contributed by atoms with Crippen LogP contribution in [-0.4, -0.2) is 156 Å². The van der Waals surface area contributed by atoms with Crippen LogP contribution in [0.2, 0.25) is 0 Å². The first kappa shape index (κ1) is 44.9. The van der Waals surface area contributed by atoms with Crippen LogP contribution in [0.1, 0.15) is 111 Å². The van der Waals surface area contributed by atoms with Crippen molar-refractivity contribution in [1.29, 1.82) is 0 Å². The molecule has 9 heterocycles. The number of likely N-dealkylation sites (tertiary alicyclic amines) is 3. The van der Waals surface area contributed by atoms with Crippen molar-refractivity contribution in [3.05, 3.63) is 40.2 Å². The Labute approximate surface area is 398 Å². The summed E-state index contributed by atoms with van der Waals surface area (Å²) in [7, 11) is 0. The van der Waals surface area contributed by atoms with Gasteiger partial charge in [0.1, 0.15) is 17.5 Å². The maximum atomic E-state index is 9.46. The highest BCUT2D eigenvalue weighted by molar-refractivity contribution is 5.91. The van der Waals surface area contributed by atoms with Crippen LogP contribution in [0.3, 0.4) is 0 Å². The van der Waals surface area contributed by atoms with Crippen LogP contribution in [0.15, 0.2) is 17.3 Å². The van der Waals surface area contributed by atoms with Crippen molar-refractivity contribution in [2.75, 3.05) is 105 Å². The van der Waals surface area contributed by atoms with E-state index >= 15 is 0 Å². The Balaban J connectivity index is 0.623. The number of anilines is 6. The number of hydrogen-bond donors (Lipinski definition) is 7. The molecule has 0 radical (unpaired) electrons. The summed E-state index contributed by atoms with van der Waals surface area (Å²) in [5.41, 5.74) is 21.6. The Morgan fingerprint density at radius 1 is 0.706 bits per heavy atom. The quantitative estimate of drug-likeness (QED) is 0.0785. The summed E-state index contributed by atoms with van der Waals surface area (Å²) in [6.45, 7) is 14.1. The molecule has 360 valence electrons. The average Bonchev–Trinajstić information content (AvgIpc) is 3.97. The molecular weight excluding hydrogens is 857 g/mol. The van der Waals surface area contributed by atoms with Crippen LogP contribution in [0.25, 0.3) is 22.1 Å². The van der Waals surface area contributed by atoms with E-state index in [1.165, 1.54) is 16.7 Å². The Morgan fingerprint density at radius 3 is 2.01 bits per heavy atom. The minimum Gasteiger partial charge on any atom is -0.395 e. The lowest BCUT2D eigenvalue weighted by molar-refractivity contribution is 0.158. The number of fused-ring (bicyclic) bond motifs is 6. The van der Waals surface area contributed by atoms with Crippen molar-refractivity contribution in [2.45, 2.75) is 121 Å². The van der Waals surface area contributed by atoms with Crippen molar-refractivity contribution in [2.24, 2.45) is 4.99 Å². The number of nitrogens with two attached hydrogens (primary N) is 2. The average molecular weight is 925 g/mol. The van der Waals surface area contributed by atoms with Crippen molar-refractivity contribution in [1.82, 2.24) is 54.6 Å². The van der Waals surface area contributed by atoms with E-state index < -0.39 is 0 Å². The summed E-state index contributed by atoms with van der Waals surface area (Å²) in [6, 6.07) is 3.03. The van der Waals surface area contributed by atoms with Crippen LogP contribution in [0.5, 0.6) is 0 Å². The van der Waals surface area contributed by atoms with Gasteiger partial charge in [-0.25, -0.2) is 15.0 Å². The lowest BCUT2D eigenvalue weighted by Gasteiger charge is -2.36. The monoisotopic (exact) mass is 925 g/mol. The van der Waals surface area contributed by atoms with E-state index in [1.807, 2.05) is 0 Å². The van der Waals surface area contributed by atoms with E-state index in [1.54, 1.807) is 0 Å². The van der Waals surface area contributed by atoms with Gasteiger partial charge in [0.2, 0.25) is 17.8 Å².